The van der Waals surface area contributed by atoms with Crippen LogP contribution in [0.15, 0.2) is 16.5 Å². The van der Waals surface area contributed by atoms with Gasteiger partial charge in [-0.25, -0.2) is 0 Å². The van der Waals surface area contributed by atoms with Crippen LogP contribution in [0.4, 0.5) is 0 Å². The third-order valence-electron chi connectivity index (χ3n) is 2.49. The molecule has 0 aromatic carbocycles. The van der Waals surface area contributed by atoms with Gasteiger partial charge in [0.05, 0.1) is 18.4 Å². The van der Waals surface area contributed by atoms with E-state index in [9.17, 15) is 0 Å². The van der Waals surface area contributed by atoms with Crippen molar-refractivity contribution in [2.45, 2.75) is 31.2 Å². The highest BCUT2D eigenvalue weighted by molar-refractivity contribution is 7.98. The molecule has 0 radical (unpaired) electrons. The summed E-state index contributed by atoms with van der Waals surface area (Å²) in [5.41, 5.74) is 5.47. The molecule has 0 amide bonds. The van der Waals surface area contributed by atoms with Crippen molar-refractivity contribution in [2.75, 3.05) is 12.4 Å². The molecule has 2 N–H and O–H groups in total. The number of furan rings is 1. The van der Waals surface area contributed by atoms with Gasteiger partial charge in [-0.15, -0.1) is 0 Å². The van der Waals surface area contributed by atoms with E-state index in [0.717, 1.165) is 29.6 Å². The van der Waals surface area contributed by atoms with Crippen LogP contribution in [-0.2, 0) is 17.0 Å². The fourth-order valence-electron chi connectivity index (χ4n) is 1.68. The maximum atomic E-state index is 5.55. The Balaban J connectivity index is 1.68. The molecule has 2 rings (SSSR count). The number of rotatable bonds is 5. The third kappa shape index (κ3) is 3.26. The van der Waals surface area contributed by atoms with E-state index in [-0.39, 0.29) is 0 Å². The van der Waals surface area contributed by atoms with Crippen LogP contribution in [0.1, 0.15) is 24.4 Å². The predicted octanol–water partition coefficient (Wildman–Crippen LogP) is 2.15. The summed E-state index contributed by atoms with van der Waals surface area (Å²) >= 11 is 1.87. The Labute approximate surface area is 94.4 Å². The molecule has 15 heavy (non-hydrogen) atoms. The molecule has 1 aromatic heterocycles. The Morgan fingerprint density at radius 2 is 2.27 bits per heavy atom. The van der Waals surface area contributed by atoms with Crippen molar-refractivity contribution in [3.8, 4) is 0 Å². The Hall–Kier alpha value is -0.450. The minimum absolute atomic E-state index is 0.457. The van der Waals surface area contributed by atoms with Crippen molar-refractivity contribution in [3.05, 3.63) is 23.7 Å². The molecule has 1 aliphatic rings. The molecule has 1 fully saturated rings. The van der Waals surface area contributed by atoms with Gasteiger partial charge in [-0.05, 0) is 25.0 Å². The molecule has 1 atom stereocenters. The molecule has 1 aromatic rings. The van der Waals surface area contributed by atoms with E-state index < -0.39 is 0 Å². The molecule has 0 bridgehead atoms. The summed E-state index contributed by atoms with van der Waals surface area (Å²) in [4.78, 5) is 0. The summed E-state index contributed by atoms with van der Waals surface area (Å²) in [6, 6.07) is 3.95. The highest BCUT2D eigenvalue weighted by Crippen LogP contribution is 2.21. The first-order chi connectivity index (χ1) is 7.38. The molecule has 4 heteroatoms. The maximum Gasteiger partial charge on any atom is 0.117 e. The van der Waals surface area contributed by atoms with Gasteiger partial charge < -0.3 is 14.9 Å². The summed E-state index contributed by atoms with van der Waals surface area (Å²) in [7, 11) is 0. The highest BCUT2D eigenvalue weighted by Gasteiger charge is 2.15. The molecular weight excluding hydrogens is 210 g/mol. The summed E-state index contributed by atoms with van der Waals surface area (Å²) < 4.78 is 11.1. The van der Waals surface area contributed by atoms with Gasteiger partial charge in [0.25, 0.3) is 0 Å². The molecular formula is C11H17NO2S. The van der Waals surface area contributed by atoms with Crippen molar-refractivity contribution < 1.29 is 9.15 Å². The van der Waals surface area contributed by atoms with Crippen LogP contribution in [0.5, 0.6) is 0 Å². The van der Waals surface area contributed by atoms with Crippen molar-refractivity contribution in [1.82, 2.24) is 0 Å². The van der Waals surface area contributed by atoms with E-state index in [2.05, 4.69) is 0 Å². The smallest absolute Gasteiger partial charge is 0.117 e. The lowest BCUT2D eigenvalue weighted by Gasteiger charge is -2.07. The fourth-order valence-corrected chi connectivity index (χ4v) is 2.68. The molecule has 1 saturated heterocycles. The minimum Gasteiger partial charge on any atom is -0.464 e. The summed E-state index contributed by atoms with van der Waals surface area (Å²) in [6.07, 6.45) is 2.88. The minimum atomic E-state index is 0.457. The third-order valence-corrected chi connectivity index (χ3v) is 3.59. The van der Waals surface area contributed by atoms with Crippen molar-refractivity contribution in [3.63, 3.8) is 0 Å². The zero-order chi connectivity index (χ0) is 10.5. The lowest BCUT2D eigenvalue weighted by Crippen LogP contribution is -2.07. The largest absolute Gasteiger partial charge is 0.464 e. The molecule has 0 spiro atoms. The molecule has 2 heterocycles. The second kappa shape index (κ2) is 5.58. The topological polar surface area (TPSA) is 48.4 Å². The number of hydrogen-bond donors (Lipinski definition) is 1. The zero-order valence-electron chi connectivity index (χ0n) is 8.78. The lowest BCUT2D eigenvalue weighted by molar-refractivity contribution is 0.129. The van der Waals surface area contributed by atoms with Gasteiger partial charge in [-0.1, -0.05) is 0 Å². The number of nitrogens with two attached hydrogens (primary N) is 1. The lowest BCUT2D eigenvalue weighted by atomic mass is 10.3. The number of thioether (sulfide) groups is 1. The second-order valence-electron chi connectivity index (χ2n) is 3.72. The van der Waals surface area contributed by atoms with Crippen molar-refractivity contribution in [1.29, 1.82) is 0 Å². The fraction of sp³-hybridized carbons (Fsp3) is 0.636. The molecule has 3 nitrogen and oxygen atoms in total. The average Bonchev–Trinajstić information content (AvgIpc) is 2.88. The first kappa shape index (κ1) is 11.0. The monoisotopic (exact) mass is 227 g/mol. The van der Waals surface area contributed by atoms with Crippen LogP contribution in [0, 0.1) is 0 Å². The average molecular weight is 227 g/mol. The Kier molecular flexibility index (Phi) is 4.11. The van der Waals surface area contributed by atoms with Crippen molar-refractivity contribution in [2.24, 2.45) is 5.73 Å². The van der Waals surface area contributed by atoms with E-state index in [0.29, 0.717) is 12.6 Å². The van der Waals surface area contributed by atoms with Gasteiger partial charge in [0.1, 0.15) is 11.5 Å². The molecule has 84 valence electrons. The second-order valence-corrected chi connectivity index (χ2v) is 4.75. The standard InChI is InChI=1S/C11H17NO2S/c12-6-9-3-4-11(14-9)8-15-7-10-2-1-5-13-10/h3-4,10H,1-2,5-8,12H2. The normalized spacial score (nSPS) is 21.0. The van der Waals surface area contributed by atoms with Gasteiger partial charge in [-0.2, -0.15) is 11.8 Å². The summed E-state index contributed by atoms with van der Waals surface area (Å²) in [6.45, 7) is 1.42. The van der Waals surface area contributed by atoms with Crippen LogP contribution in [0.2, 0.25) is 0 Å². The summed E-state index contributed by atoms with van der Waals surface area (Å²) in [5, 5.41) is 0. The van der Waals surface area contributed by atoms with Gasteiger partial charge in [0.2, 0.25) is 0 Å². The van der Waals surface area contributed by atoms with Crippen molar-refractivity contribution >= 4 is 11.8 Å². The molecule has 1 unspecified atom stereocenters. The summed E-state index contributed by atoms with van der Waals surface area (Å²) in [5.74, 6) is 3.86. The molecule has 0 aliphatic carbocycles. The van der Waals surface area contributed by atoms with Gasteiger partial charge in [0, 0.05) is 12.4 Å². The molecule has 1 aliphatic heterocycles. The number of ether oxygens (including phenoxy) is 1. The van der Waals surface area contributed by atoms with E-state index in [1.165, 1.54) is 12.8 Å². The Morgan fingerprint density at radius 1 is 1.40 bits per heavy atom. The Bertz CT molecular complexity index is 295. The van der Waals surface area contributed by atoms with Gasteiger partial charge >= 0.3 is 0 Å². The first-order valence-electron chi connectivity index (χ1n) is 5.35. The molecule has 0 saturated carbocycles. The van der Waals surface area contributed by atoms with E-state index >= 15 is 0 Å². The van der Waals surface area contributed by atoms with Crippen LogP contribution in [0.3, 0.4) is 0 Å². The first-order valence-corrected chi connectivity index (χ1v) is 6.51. The van der Waals surface area contributed by atoms with Crippen LogP contribution in [0.25, 0.3) is 0 Å². The van der Waals surface area contributed by atoms with Crippen LogP contribution >= 0.6 is 11.8 Å². The predicted molar refractivity (Wildman–Crippen MR) is 61.7 cm³/mol. The maximum absolute atomic E-state index is 5.55. The Morgan fingerprint density at radius 3 is 2.93 bits per heavy atom. The van der Waals surface area contributed by atoms with E-state index in [4.69, 9.17) is 14.9 Å². The zero-order valence-corrected chi connectivity index (χ0v) is 9.59. The van der Waals surface area contributed by atoms with Gasteiger partial charge in [-0.3, -0.25) is 0 Å². The SMILES string of the molecule is NCc1ccc(CSCC2CCCO2)o1. The quantitative estimate of drug-likeness (QED) is 0.837. The van der Waals surface area contributed by atoms with E-state index in [1.54, 1.807) is 0 Å². The number of hydrogen-bond acceptors (Lipinski definition) is 4. The van der Waals surface area contributed by atoms with Gasteiger partial charge in [0.15, 0.2) is 0 Å². The highest BCUT2D eigenvalue weighted by atomic mass is 32.2. The van der Waals surface area contributed by atoms with E-state index in [1.807, 2.05) is 23.9 Å². The van der Waals surface area contributed by atoms with Crippen LogP contribution < -0.4 is 5.73 Å². The van der Waals surface area contributed by atoms with Crippen LogP contribution in [-0.4, -0.2) is 18.5 Å².